The van der Waals surface area contributed by atoms with E-state index in [2.05, 4.69) is 4.98 Å². The molecule has 5 nitrogen and oxygen atoms in total. The Morgan fingerprint density at radius 2 is 1.80 bits per heavy atom. The molecule has 0 bridgehead atoms. The molecule has 0 atom stereocenters. The van der Waals surface area contributed by atoms with Crippen LogP contribution in [-0.2, 0) is 16.0 Å². The molecule has 0 unspecified atom stereocenters. The number of rotatable bonds is 6. The Balaban J connectivity index is 2.13. The molecule has 0 radical (unpaired) electrons. The van der Waals surface area contributed by atoms with E-state index in [1.165, 1.54) is 0 Å². The molecule has 1 N–H and O–H groups in total. The third kappa shape index (κ3) is 3.31. The lowest BCUT2D eigenvalue weighted by Crippen LogP contribution is -2.08. The molecule has 5 heteroatoms. The van der Waals surface area contributed by atoms with Gasteiger partial charge in [-0.3, -0.25) is 4.79 Å². The molecular weight excluding hydrogens is 318 g/mol. The van der Waals surface area contributed by atoms with E-state index in [1.54, 1.807) is 14.2 Å². The first-order valence-electron chi connectivity index (χ1n) is 8.15. The Bertz CT molecular complexity index is 898. The van der Waals surface area contributed by atoms with Crippen molar-refractivity contribution < 1.29 is 19.0 Å². The number of hydrogen-bond acceptors (Lipinski definition) is 4. The van der Waals surface area contributed by atoms with Gasteiger partial charge in [0.15, 0.2) is 11.5 Å². The van der Waals surface area contributed by atoms with Crippen molar-refractivity contribution >= 4 is 16.9 Å². The number of fused-ring (bicyclic) bond motifs is 1. The molecule has 2 aromatic carbocycles. The average Bonchev–Trinajstić information content (AvgIpc) is 3.00. The van der Waals surface area contributed by atoms with Crippen LogP contribution < -0.4 is 9.47 Å². The zero-order chi connectivity index (χ0) is 17.8. The second kappa shape index (κ2) is 7.30. The SMILES string of the molecule is CCOC(=O)Cc1c(-c2ccc(OC)c(OC)c2)[nH]c2ccccc12. The molecule has 3 rings (SSSR count). The largest absolute Gasteiger partial charge is 0.493 e. The van der Waals surface area contributed by atoms with Crippen molar-refractivity contribution in [2.24, 2.45) is 0 Å². The summed E-state index contributed by atoms with van der Waals surface area (Å²) in [5.74, 6) is 1.06. The van der Waals surface area contributed by atoms with Gasteiger partial charge in [-0.15, -0.1) is 0 Å². The molecule has 0 saturated carbocycles. The average molecular weight is 339 g/mol. The van der Waals surface area contributed by atoms with E-state index in [0.717, 1.165) is 27.7 Å². The van der Waals surface area contributed by atoms with Crippen molar-refractivity contribution in [1.29, 1.82) is 0 Å². The standard InChI is InChI=1S/C20H21NO4/c1-4-25-19(22)12-15-14-7-5-6-8-16(14)21-20(15)13-9-10-17(23-2)18(11-13)24-3/h5-11,21H,4,12H2,1-3H3. The highest BCUT2D eigenvalue weighted by Crippen LogP contribution is 2.36. The Labute approximate surface area is 146 Å². The predicted octanol–water partition coefficient (Wildman–Crippen LogP) is 3.96. The first-order chi connectivity index (χ1) is 12.2. The summed E-state index contributed by atoms with van der Waals surface area (Å²) in [6.45, 7) is 2.18. The van der Waals surface area contributed by atoms with E-state index in [0.29, 0.717) is 18.1 Å². The molecule has 0 saturated heterocycles. The van der Waals surface area contributed by atoms with Gasteiger partial charge in [-0.25, -0.2) is 0 Å². The summed E-state index contributed by atoms with van der Waals surface area (Å²) in [6.07, 6.45) is 0.210. The molecule has 1 aromatic heterocycles. The zero-order valence-corrected chi connectivity index (χ0v) is 14.6. The molecule has 0 aliphatic rings. The maximum atomic E-state index is 12.1. The second-order valence-electron chi connectivity index (χ2n) is 5.58. The number of ether oxygens (including phenoxy) is 3. The first-order valence-corrected chi connectivity index (χ1v) is 8.15. The lowest BCUT2D eigenvalue weighted by molar-refractivity contribution is -0.142. The van der Waals surface area contributed by atoms with Gasteiger partial charge in [-0.1, -0.05) is 18.2 Å². The van der Waals surface area contributed by atoms with Crippen molar-refractivity contribution in [2.45, 2.75) is 13.3 Å². The summed E-state index contributed by atoms with van der Waals surface area (Å²) in [4.78, 5) is 15.5. The maximum Gasteiger partial charge on any atom is 0.310 e. The van der Waals surface area contributed by atoms with Gasteiger partial charge in [0.05, 0.1) is 32.9 Å². The summed E-state index contributed by atoms with van der Waals surface area (Å²) >= 11 is 0. The fourth-order valence-corrected chi connectivity index (χ4v) is 2.98. The monoisotopic (exact) mass is 339 g/mol. The van der Waals surface area contributed by atoms with Crippen molar-refractivity contribution in [1.82, 2.24) is 4.98 Å². The fourth-order valence-electron chi connectivity index (χ4n) is 2.98. The molecule has 3 aromatic rings. The molecule has 1 heterocycles. The summed E-state index contributed by atoms with van der Waals surface area (Å²) in [5, 5.41) is 1.01. The lowest BCUT2D eigenvalue weighted by Gasteiger charge is -2.10. The van der Waals surface area contributed by atoms with Gasteiger partial charge < -0.3 is 19.2 Å². The number of para-hydroxylation sites is 1. The van der Waals surface area contributed by atoms with Crippen LogP contribution in [0.2, 0.25) is 0 Å². The minimum Gasteiger partial charge on any atom is -0.493 e. The van der Waals surface area contributed by atoms with Gasteiger partial charge in [0.25, 0.3) is 0 Å². The number of esters is 1. The Kier molecular flexibility index (Phi) is 4.93. The fraction of sp³-hybridized carbons (Fsp3) is 0.250. The number of H-pyrrole nitrogens is 1. The van der Waals surface area contributed by atoms with Crippen LogP contribution in [-0.4, -0.2) is 31.8 Å². The van der Waals surface area contributed by atoms with Crippen LogP contribution in [0.1, 0.15) is 12.5 Å². The van der Waals surface area contributed by atoms with Crippen molar-refractivity contribution in [3.05, 3.63) is 48.0 Å². The molecule has 0 spiro atoms. The Morgan fingerprint density at radius 1 is 1.04 bits per heavy atom. The minimum atomic E-state index is -0.242. The number of aromatic nitrogens is 1. The molecule has 0 aliphatic heterocycles. The smallest absolute Gasteiger partial charge is 0.310 e. The van der Waals surface area contributed by atoms with Gasteiger partial charge in [0.1, 0.15) is 0 Å². The third-order valence-corrected chi connectivity index (χ3v) is 4.11. The molecule has 0 amide bonds. The summed E-state index contributed by atoms with van der Waals surface area (Å²) in [7, 11) is 3.21. The minimum absolute atomic E-state index is 0.210. The van der Waals surface area contributed by atoms with Crippen LogP contribution in [0.4, 0.5) is 0 Å². The molecular formula is C20H21NO4. The van der Waals surface area contributed by atoms with E-state index in [-0.39, 0.29) is 12.4 Å². The predicted molar refractivity (Wildman–Crippen MR) is 97.2 cm³/mol. The van der Waals surface area contributed by atoms with E-state index in [9.17, 15) is 4.79 Å². The lowest BCUT2D eigenvalue weighted by atomic mass is 10.0. The molecule has 0 aliphatic carbocycles. The molecule has 25 heavy (non-hydrogen) atoms. The van der Waals surface area contributed by atoms with Crippen LogP contribution in [0.15, 0.2) is 42.5 Å². The second-order valence-corrected chi connectivity index (χ2v) is 5.58. The number of aromatic amines is 1. The van der Waals surface area contributed by atoms with Crippen LogP contribution in [0.5, 0.6) is 11.5 Å². The highest BCUT2D eigenvalue weighted by molar-refractivity contribution is 5.94. The first kappa shape index (κ1) is 16.9. The number of hydrogen-bond donors (Lipinski definition) is 1. The third-order valence-electron chi connectivity index (χ3n) is 4.11. The van der Waals surface area contributed by atoms with Gasteiger partial charge in [0, 0.05) is 16.5 Å². The quantitative estimate of drug-likeness (QED) is 0.691. The van der Waals surface area contributed by atoms with Crippen LogP contribution in [0.25, 0.3) is 22.2 Å². The number of benzene rings is 2. The normalized spacial score (nSPS) is 10.7. The van der Waals surface area contributed by atoms with Gasteiger partial charge in [-0.2, -0.15) is 0 Å². The van der Waals surface area contributed by atoms with E-state index in [1.807, 2.05) is 49.4 Å². The molecule has 0 fully saturated rings. The van der Waals surface area contributed by atoms with Gasteiger partial charge in [0.2, 0.25) is 0 Å². The van der Waals surface area contributed by atoms with E-state index in [4.69, 9.17) is 14.2 Å². The highest BCUT2D eigenvalue weighted by atomic mass is 16.5. The summed E-state index contributed by atoms with van der Waals surface area (Å²) < 4.78 is 15.8. The van der Waals surface area contributed by atoms with E-state index < -0.39 is 0 Å². The maximum absolute atomic E-state index is 12.1. The molecule has 130 valence electrons. The van der Waals surface area contributed by atoms with Crippen LogP contribution >= 0.6 is 0 Å². The summed E-state index contributed by atoms with van der Waals surface area (Å²) in [5.41, 5.74) is 3.70. The van der Waals surface area contributed by atoms with Crippen LogP contribution in [0, 0.1) is 0 Å². The number of methoxy groups -OCH3 is 2. The number of carbonyl (C=O) groups is 1. The van der Waals surface area contributed by atoms with Crippen molar-refractivity contribution in [2.75, 3.05) is 20.8 Å². The summed E-state index contributed by atoms with van der Waals surface area (Å²) in [6, 6.07) is 13.6. The number of carbonyl (C=O) groups excluding carboxylic acids is 1. The van der Waals surface area contributed by atoms with Gasteiger partial charge >= 0.3 is 5.97 Å². The zero-order valence-electron chi connectivity index (χ0n) is 14.6. The Morgan fingerprint density at radius 3 is 2.52 bits per heavy atom. The van der Waals surface area contributed by atoms with Gasteiger partial charge in [-0.05, 0) is 36.8 Å². The van der Waals surface area contributed by atoms with Crippen LogP contribution in [0.3, 0.4) is 0 Å². The van der Waals surface area contributed by atoms with Crippen molar-refractivity contribution in [3.63, 3.8) is 0 Å². The highest BCUT2D eigenvalue weighted by Gasteiger charge is 2.18. The Hall–Kier alpha value is -2.95. The number of nitrogens with one attached hydrogen (secondary N) is 1. The topological polar surface area (TPSA) is 60.6 Å². The van der Waals surface area contributed by atoms with E-state index >= 15 is 0 Å². The van der Waals surface area contributed by atoms with Crippen molar-refractivity contribution in [3.8, 4) is 22.8 Å².